The van der Waals surface area contributed by atoms with Crippen molar-refractivity contribution < 1.29 is 0 Å². The Bertz CT molecular complexity index is 291. The van der Waals surface area contributed by atoms with Crippen molar-refractivity contribution in [3.63, 3.8) is 0 Å². The molecule has 0 aromatic heterocycles. The van der Waals surface area contributed by atoms with Crippen LogP contribution in [0.3, 0.4) is 0 Å². The third-order valence-corrected chi connectivity index (χ3v) is 3.16. The van der Waals surface area contributed by atoms with E-state index in [0.29, 0.717) is 0 Å². The second kappa shape index (κ2) is 6.61. The number of rotatable bonds is 5. The highest BCUT2D eigenvalue weighted by Gasteiger charge is 1.99. The van der Waals surface area contributed by atoms with Crippen molar-refractivity contribution in [3.05, 3.63) is 32.4 Å². The Labute approximate surface area is 104 Å². The normalized spacial score (nSPS) is 10.5. The smallest absolute Gasteiger partial charge is 0.0409 e. The highest BCUT2D eigenvalue weighted by Crippen LogP contribution is 2.17. The number of benzene rings is 1. The lowest BCUT2D eigenvalue weighted by atomic mass is 10.2. The quantitative estimate of drug-likeness (QED) is 0.641. The van der Waals surface area contributed by atoms with E-state index >= 15 is 0 Å². The van der Waals surface area contributed by atoms with Crippen molar-refractivity contribution in [2.24, 2.45) is 0 Å². The summed E-state index contributed by atoms with van der Waals surface area (Å²) in [6, 6.07) is 5.97. The molecule has 0 fully saturated rings. The first-order chi connectivity index (χ1) is 6.74. The van der Waals surface area contributed by atoms with Crippen molar-refractivity contribution in [3.8, 4) is 0 Å². The van der Waals surface area contributed by atoms with Crippen LogP contribution in [0.1, 0.15) is 5.56 Å². The first kappa shape index (κ1) is 12.2. The molecule has 1 aromatic rings. The van der Waals surface area contributed by atoms with Gasteiger partial charge in [-0.2, -0.15) is 0 Å². The van der Waals surface area contributed by atoms with Gasteiger partial charge in [0.05, 0.1) is 0 Å². The molecule has 0 amide bonds. The average molecular weight is 325 g/mol. The second-order valence-corrected chi connectivity index (χ2v) is 4.61. The van der Waals surface area contributed by atoms with E-state index < -0.39 is 0 Å². The summed E-state index contributed by atoms with van der Waals surface area (Å²) in [6.07, 6.45) is 0. The standard InChI is InChI=1S/C10H14ClIN2/c1-13-4-5-14-7-8-6-9(11)2-3-10(8)12/h2-3,6,13-14H,4-5,7H2,1H3. The molecule has 0 radical (unpaired) electrons. The fourth-order valence-electron chi connectivity index (χ4n) is 1.12. The van der Waals surface area contributed by atoms with E-state index in [1.165, 1.54) is 9.13 Å². The molecule has 0 saturated carbocycles. The van der Waals surface area contributed by atoms with E-state index in [-0.39, 0.29) is 0 Å². The van der Waals surface area contributed by atoms with Gasteiger partial charge in [0, 0.05) is 28.2 Å². The molecule has 2 N–H and O–H groups in total. The molecule has 0 atom stereocenters. The van der Waals surface area contributed by atoms with Crippen molar-refractivity contribution in [1.82, 2.24) is 10.6 Å². The second-order valence-electron chi connectivity index (χ2n) is 3.02. The van der Waals surface area contributed by atoms with Crippen molar-refractivity contribution >= 4 is 34.2 Å². The molecule has 0 bridgehead atoms. The van der Waals surface area contributed by atoms with Crippen LogP contribution in [0.2, 0.25) is 5.02 Å². The number of likely N-dealkylation sites (N-methyl/N-ethyl adjacent to an activating group) is 1. The van der Waals surface area contributed by atoms with Gasteiger partial charge in [0.15, 0.2) is 0 Å². The molecule has 78 valence electrons. The topological polar surface area (TPSA) is 24.1 Å². The van der Waals surface area contributed by atoms with Gasteiger partial charge in [-0.1, -0.05) is 11.6 Å². The summed E-state index contributed by atoms with van der Waals surface area (Å²) >= 11 is 8.24. The lowest BCUT2D eigenvalue weighted by Gasteiger charge is -2.06. The highest BCUT2D eigenvalue weighted by atomic mass is 127. The Kier molecular flexibility index (Phi) is 5.77. The van der Waals surface area contributed by atoms with Crippen LogP contribution in [-0.4, -0.2) is 20.1 Å². The van der Waals surface area contributed by atoms with E-state index in [9.17, 15) is 0 Å². The number of nitrogens with one attached hydrogen (secondary N) is 2. The Balaban J connectivity index is 2.45. The van der Waals surface area contributed by atoms with Gasteiger partial charge < -0.3 is 10.6 Å². The number of halogens is 2. The van der Waals surface area contributed by atoms with Gasteiger partial charge in [-0.25, -0.2) is 0 Å². The molecule has 1 aromatic carbocycles. The largest absolute Gasteiger partial charge is 0.318 e. The van der Waals surface area contributed by atoms with Gasteiger partial charge in [0.1, 0.15) is 0 Å². The minimum Gasteiger partial charge on any atom is -0.318 e. The minimum atomic E-state index is 0.802. The lowest BCUT2D eigenvalue weighted by molar-refractivity contribution is 0.649. The third kappa shape index (κ3) is 4.13. The monoisotopic (exact) mass is 324 g/mol. The molecule has 0 aliphatic carbocycles. The van der Waals surface area contributed by atoms with Crippen LogP contribution in [-0.2, 0) is 6.54 Å². The van der Waals surface area contributed by atoms with E-state index in [0.717, 1.165) is 24.7 Å². The lowest BCUT2D eigenvalue weighted by Crippen LogP contribution is -2.24. The highest BCUT2D eigenvalue weighted by molar-refractivity contribution is 14.1. The molecule has 0 saturated heterocycles. The minimum absolute atomic E-state index is 0.802. The average Bonchev–Trinajstić information content (AvgIpc) is 2.18. The molecule has 2 nitrogen and oxygen atoms in total. The molecule has 0 heterocycles. The van der Waals surface area contributed by atoms with E-state index in [1.807, 2.05) is 25.2 Å². The maximum absolute atomic E-state index is 5.91. The fraction of sp³-hybridized carbons (Fsp3) is 0.400. The van der Waals surface area contributed by atoms with Gasteiger partial charge in [0.2, 0.25) is 0 Å². The van der Waals surface area contributed by atoms with Crippen molar-refractivity contribution in [2.45, 2.75) is 6.54 Å². The van der Waals surface area contributed by atoms with Crippen LogP contribution in [0.4, 0.5) is 0 Å². The summed E-state index contributed by atoms with van der Waals surface area (Å²) in [5, 5.41) is 7.24. The summed E-state index contributed by atoms with van der Waals surface area (Å²) < 4.78 is 1.25. The Hall–Kier alpha value is 0.160. The molecular formula is C10H14ClIN2. The summed E-state index contributed by atoms with van der Waals surface area (Å²) in [5.74, 6) is 0. The van der Waals surface area contributed by atoms with Crippen LogP contribution in [0.25, 0.3) is 0 Å². The zero-order chi connectivity index (χ0) is 10.4. The van der Waals surface area contributed by atoms with E-state index in [1.54, 1.807) is 0 Å². The van der Waals surface area contributed by atoms with Crippen molar-refractivity contribution in [1.29, 1.82) is 0 Å². The molecular weight excluding hydrogens is 310 g/mol. The van der Waals surface area contributed by atoms with Gasteiger partial charge >= 0.3 is 0 Å². The molecule has 0 spiro atoms. The molecule has 0 unspecified atom stereocenters. The Morgan fingerprint density at radius 2 is 2.14 bits per heavy atom. The van der Waals surface area contributed by atoms with Crippen LogP contribution in [0, 0.1) is 3.57 Å². The predicted molar refractivity (Wildman–Crippen MR) is 69.8 cm³/mol. The zero-order valence-electron chi connectivity index (χ0n) is 8.11. The van der Waals surface area contributed by atoms with Crippen LogP contribution in [0.15, 0.2) is 18.2 Å². The first-order valence-electron chi connectivity index (χ1n) is 4.53. The van der Waals surface area contributed by atoms with Crippen LogP contribution in [0.5, 0.6) is 0 Å². The maximum atomic E-state index is 5.91. The summed E-state index contributed by atoms with van der Waals surface area (Å²) in [7, 11) is 1.95. The molecule has 0 aliphatic heterocycles. The van der Waals surface area contributed by atoms with Gasteiger partial charge in [0.25, 0.3) is 0 Å². The van der Waals surface area contributed by atoms with E-state index in [4.69, 9.17) is 11.6 Å². The van der Waals surface area contributed by atoms with Crippen LogP contribution < -0.4 is 10.6 Å². The van der Waals surface area contributed by atoms with Gasteiger partial charge in [-0.05, 0) is 53.4 Å². The molecule has 1 rings (SSSR count). The summed E-state index contributed by atoms with van der Waals surface area (Å²) in [5.41, 5.74) is 1.26. The molecule has 14 heavy (non-hydrogen) atoms. The Morgan fingerprint density at radius 1 is 1.36 bits per heavy atom. The van der Waals surface area contributed by atoms with E-state index in [2.05, 4.69) is 33.2 Å². The zero-order valence-corrected chi connectivity index (χ0v) is 11.0. The van der Waals surface area contributed by atoms with Gasteiger partial charge in [-0.15, -0.1) is 0 Å². The van der Waals surface area contributed by atoms with Crippen molar-refractivity contribution in [2.75, 3.05) is 20.1 Å². The third-order valence-electron chi connectivity index (χ3n) is 1.87. The Morgan fingerprint density at radius 3 is 2.86 bits per heavy atom. The molecule has 4 heteroatoms. The predicted octanol–water partition coefficient (Wildman–Crippen LogP) is 2.25. The molecule has 0 aliphatic rings. The van der Waals surface area contributed by atoms with Crippen LogP contribution >= 0.6 is 34.2 Å². The summed E-state index contributed by atoms with van der Waals surface area (Å²) in [4.78, 5) is 0. The first-order valence-corrected chi connectivity index (χ1v) is 5.99. The maximum Gasteiger partial charge on any atom is 0.0409 e. The SMILES string of the molecule is CNCCNCc1cc(Cl)ccc1I. The fourth-order valence-corrected chi connectivity index (χ4v) is 1.84. The summed E-state index contributed by atoms with van der Waals surface area (Å²) in [6.45, 7) is 2.83. The van der Waals surface area contributed by atoms with Gasteiger partial charge in [-0.3, -0.25) is 0 Å². The number of hydrogen-bond acceptors (Lipinski definition) is 2. The number of hydrogen-bond donors (Lipinski definition) is 2.